The summed E-state index contributed by atoms with van der Waals surface area (Å²) in [4.78, 5) is 0. The molecule has 1 unspecified atom stereocenters. The predicted octanol–water partition coefficient (Wildman–Crippen LogP) is 8.17. The van der Waals surface area contributed by atoms with Gasteiger partial charge >= 0.3 is 0 Å². The minimum atomic E-state index is -0.128. The van der Waals surface area contributed by atoms with Gasteiger partial charge in [0.05, 0.1) is 6.10 Å². The van der Waals surface area contributed by atoms with Gasteiger partial charge in [0.2, 0.25) is 0 Å². The molecule has 0 aromatic rings. The quantitative estimate of drug-likeness (QED) is 0.387. The van der Waals surface area contributed by atoms with Crippen LogP contribution in [0.15, 0.2) is 11.1 Å². The van der Waals surface area contributed by atoms with Gasteiger partial charge in [-0.15, -0.1) is 0 Å². The van der Waals surface area contributed by atoms with Gasteiger partial charge in [0.1, 0.15) is 0 Å². The number of rotatable bonds is 0. The number of aliphatic hydroxyl groups is 1. The molecule has 0 radical (unpaired) electrons. The van der Waals surface area contributed by atoms with Gasteiger partial charge in [-0.2, -0.15) is 0 Å². The summed E-state index contributed by atoms with van der Waals surface area (Å²) in [5, 5.41) is 10.9. The third-order valence-corrected chi connectivity index (χ3v) is 13.2. The van der Waals surface area contributed by atoms with Crippen LogP contribution in [0.25, 0.3) is 0 Å². The van der Waals surface area contributed by atoms with Crippen LogP contribution in [0.4, 0.5) is 0 Å². The molecule has 0 saturated heterocycles. The Morgan fingerprint density at radius 3 is 2.16 bits per heavy atom. The van der Waals surface area contributed by atoms with Crippen molar-refractivity contribution in [2.45, 2.75) is 126 Å². The highest BCUT2D eigenvalue weighted by Crippen LogP contribution is 2.75. The van der Waals surface area contributed by atoms with Crippen molar-refractivity contribution < 1.29 is 5.11 Å². The monoisotopic (exact) mass is 426 g/mol. The number of fused-ring (bicyclic) bond motifs is 6. The van der Waals surface area contributed by atoms with Crippen molar-refractivity contribution in [1.29, 1.82) is 0 Å². The lowest BCUT2D eigenvalue weighted by molar-refractivity contribution is -0.165. The van der Waals surface area contributed by atoms with Gasteiger partial charge in [0, 0.05) is 0 Å². The van der Waals surface area contributed by atoms with Gasteiger partial charge in [-0.05, 0) is 115 Å². The second-order valence-electron chi connectivity index (χ2n) is 14.6. The van der Waals surface area contributed by atoms with E-state index in [1.54, 1.807) is 0 Å². The summed E-state index contributed by atoms with van der Waals surface area (Å²) >= 11 is 0. The van der Waals surface area contributed by atoms with Gasteiger partial charge in [-0.25, -0.2) is 0 Å². The van der Waals surface area contributed by atoms with Crippen LogP contribution in [0, 0.1) is 50.7 Å². The average molecular weight is 427 g/mol. The standard InChI is InChI=1S/C30H50O/c1-19-11-14-27(5)17-18-29(7)22-9-10-23-26(3,4)24(31)13-15-28(23,6)21(22)12-16-30(29,8)25(27)20(19)2/h19-20,23-25,31H,9-18H2,1-8H3/t19-,20+,23?,24+,25-,27-,28-,29-,30+/m1/s1. The Morgan fingerprint density at radius 2 is 1.45 bits per heavy atom. The maximum absolute atomic E-state index is 10.9. The zero-order valence-electron chi connectivity index (χ0n) is 21.9. The molecule has 0 bridgehead atoms. The summed E-state index contributed by atoms with van der Waals surface area (Å²) in [6.45, 7) is 20.6. The molecule has 1 N–H and O–H groups in total. The van der Waals surface area contributed by atoms with Crippen molar-refractivity contribution in [3.05, 3.63) is 11.1 Å². The molecule has 0 aromatic heterocycles. The molecule has 3 fully saturated rings. The lowest BCUT2D eigenvalue weighted by atomic mass is 9.35. The van der Waals surface area contributed by atoms with E-state index in [0.29, 0.717) is 27.6 Å². The fourth-order valence-electron chi connectivity index (χ4n) is 11.0. The Bertz CT molecular complexity index is 792. The molecule has 176 valence electrons. The summed E-state index contributed by atoms with van der Waals surface area (Å²) in [6, 6.07) is 0. The minimum Gasteiger partial charge on any atom is -0.393 e. The molecule has 0 spiro atoms. The van der Waals surface area contributed by atoms with Crippen LogP contribution in [-0.4, -0.2) is 11.2 Å². The predicted molar refractivity (Wildman–Crippen MR) is 131 cm³/mol. The van der Waals surface area contributed by atoms with Crippen LogP contribution in [0.2, 0.25) is 0 Å². The molecule has 3 saturated carbocycles. The van der Waals surface area contributed by atoms with E-state index in [1.807, 2.05) is 11.1 Å². The van der Waals surface area contributed by atoms with Gasteiger partial charge in [0.15, 0.2) is 0 Å². The van der Waals surface area contributed by atoms with Crippen LogP contribution in [0.3, 0.4) is 0 Å². The summed E-state index contributed by atoms with van der Waals surface area (Å²) in [7, 11) is 0. The van der Waals surface area contributed by atoms with Crippen LogP contribution in [0.5, 0.6) is 0 Å². The molecule has 5 rings (SSSR count). The molecule has 9 atom stereocenters. The molecule has 5 aliphatic carbocycles. The molecular formula is C30H50O. The van der Waals surface area contributed by atoms with E-state index in [4.69, 9.17) is 0 Å². The maximum atomic E-state index is 10.9. The summed E-state index contributed by atoms with van der Waals surface area (Å²) in [6.07, 6.45) is 13.1. The molecule has 1 heteroatoms. The van der Waals surface area contributed by atoms with E-state index in [-0.39, 0.29) is 11.5 Å². The zero-order valence-corrected chi connectivity index (χ0v) is 21.9. The van der Waals surface area contributed by atoms with Gasteiger partial charge in [-0.3, -0.25) is 0 Å². The Hall–Kier alpha value is -0.300. The second-order valence-corrected chi connectivity index (χ2v) is 14.6. The Balaban J connectivity index is 1.61. The fraction of sp³-hybridized carbons (Fsp3) is 0.933. The largest absolute Gasteiger partial charge is 0.393 e. The highest BCUT2D eigenvalue weighted by atomic mass is 16.3. The first-order chi connectivity index (χ1) is 14.3. The lowest BCUT2D eigenvalue weighted by Crippen LogP contribution is -2.62. The summed E-state index contributed by atoms with van der Waals surface area (Å²) in [5.74, 6) is 3.23. The van der Waals surface area contributed by atoms with Crippen molar-refractivity contribution in [1.82, 2.24) is 0 Å². The van der Waals surface area contributed by atoms with Crippen molar-refractivity contribution in [3.63, 3.8) is 0 Å². The molecule has 31 heavy (non-hydrogen) atoms. The van der Waals surface area contributed by atoms with Crippen LogP contribution >= 0.6 is 0 Å². The van der Waals surface area contributed by atoms with E-state index in [2.05, 4.69) is 55.4 Å². The first-order valence-corrected chi connectivity index (χ1v) is 13.7. The first-order valence-electron chi connectivity index (χ1n) is 13.7. The van der Waals surface area contributed by atoms with E-state index in [0.717, 1.165) is 24.2 Å². The normalized spacial score (nSPS) is 56.2. The van der Waals surface area contributed by atoms with Gasteiger partial charge in [0.25, 0.3) is 0 Å². The van der Waals surface area contributed by atoms with Crippen LogP contribution in [-0.2, 0) is 0 Å². The third kappa shape index (κ3) is 2.65. The minimum absolute atomic E-state index is 0.0473. The fourth-order valence-corrected chi connectivity index (χ4v) is 11.0. The topological polar surface area (TPSA) is 20.2 Å². The molecule has 5 aliphatic rings. The van der Waals surface area contributed by atoms with Crippen LogP contribution in [0.1, 0.15) is 120 Å². The Morgan fingerprint density at radius 1 is 0.742 bits per heavy atom. The third-order valence-electron chi connectivity index (χ3n) is 13.2. The molecule has 0 aliphatic heterocycles. The highest BCUT2D eigenvalue weighted by molar-refractivity contribution is 5.38. The first kappa shape index (κ1) is 22.5. The molecule has 1 nitrogen and oxygen atoms in total. The van der Waals surface area contributed by atoms with Crippen molar-refractivity contribution >= 4 is 0 Å². The SMILES string of the molecule is C[C@H]1[C@H](C)CC[C@]2(C)CC[C@]3(C)C4=C(CC[C@@]3(C)[C@H]12)[C@@]1(C)CC[C@H](O)C(C)(C)C1CC4. The highest BCUT2D eigenvalue weighted by Gasteiger charge is 2.66. The van der Waals surface area contributed by atoms with E-state index < -0.39 is 0 Å². The van der Waals surface area contributed by atoms with Crippen molar-refractivity contribution in [2.24, 2.45) is 50.7 Å². The second kappa shape index (κ2) is 6.64. The lowest BCUT2D eigenvalue weighted by Gasteiger charge is -2.70. The number of hydrogen-bond acceptors (Lipinski definition) is 1. The number of aliphatic hydroxyl groups excluding tert-OH is 1. The Labute approximate surface area is 192 Å². The average Bonchev–Trinajstić information content (AvgIpc) is 2.70. The summed E-state index contributed by atoms with van der Waals surface area (Å²) < 4.78 is 0. The van der Waals surface area contributed by atoms with Gasteiger partial charge < -0.3 is 5.11 Å². The molecule has 0 heterocycles. The van der Waals surface area contributed by atoms with E-state index in [9.17, 15) is 5.11 Å². The smallest absolute Gasteiger partial charge is 0.0594 e. The van der Waals surface area contributed by atoms with Crippen molar-refractivity contribution in [2.75, 3.05) is 0 Å². The van der Waals surface area contributed by atoms with E-state index >= 15 is 0 Å². The molecule has 0 aromatic carbocycles. The Kier molecular flexibility index (Phi) is 4.82. The summed E-state index contributed by atoms with van der Waals surface area (Å²) in [5.41, 5.74) is 5.50. The van der Waals surface area contributed by atoms with Crippen LogP contribution < -0.4 is 0 Å². The van der Waals surface area contributed by atoms with Gasteiger partial charge in [-0.1, -0.05) is 66.5 Å². The molecule has 0 amide bonds. The number of allylic oxidation sites excluding steroid dienone is 2. The maximum Gasteiger partial charge on any atom is 0.0594 e. The van der Waals surface area contributed by atoms with E-state index in [1.165, 1.54) is 57.8 Å². The molecular weight excluding hydrogens is 376 g/mol. The number of hydrogen-bond donors (Lipinski definition) is 1. The van der Waals surface area contributed by atoms with Crippen molar-refractivity contribution in [3.8, 4) is 0 Å². The zero-order chi connectivity index (χ0) is 22.6.